The van der Waals surface area contributed by atoms with Crippen LogP contribution in [0.4, 0.5) is 5.69 Å². The molecule has 0 fully saturated rings. The average Bonchev–Trinajstić information content (AvgIpc) is 2.70. The van der Waals surface area contributed by atoms with Gasteiger partial charge in [0.05, 0.1) is 31.2 Å². The number of aliphatic hydroxyl groups is 1. The first kappa shape index (κ1) is 20.3. The molecule has 8 heteroatoms. The van der Waals surface area contributed by atoms with E-state index in [-0.39, 0.29) is 17.8 Å². The maximum atomic E-state index is 12.8. The van der Waals surface area contributed by atoms with Crippen LogP contribution in [-0.4, -0.2) is 29.2 Å². The molecule has 1 aromatic carbocycles. The quantitative estimate of drug-likeness (QED) is 0.629. The zero-order valence-electron chi connectivity index (χ0n) is 16.4. The topological polar surface area (TPSA) is 111 Å². The molecule has 3 rings (SSSR count). The fourth-order valence-electron chi connectivity index (χ4n) is 2.90. The largest absolute Gasteiger partial charge is 0.494 e. The van der Waals surface area contributed by atoms with Crippen LogP contribution >= 0.6 is 0 Å². The lowest BCUT2D eigenvalue weighted by molar-refractivity contribution is 0.102. The van der Waals surface area contributed by atoms with E-state index in [0.717, 1.165) is 0 Å². The van der Waals surface area contributed by atoms with Gasteiger partial charge in [0.1, 0.15) is 17.1 Å². The van der Waals surface area contributed by atoms with Crippen molar-refractivity contribution < 1.29 is 23.8 Å². The van der Waals surface area contributed by atoms with Crippen molar-refractivity contribution in [3.8, 4) is 11.5 Å². The molecule has 0 aliphatic rings. The van der Waals surface area contributed by atoms with Gasteiger partial charge in [-0.1, -0.05) is 0 Å². The van der Waals surface area contributed by atoms with Crippen molar-refractivity contribution in [2.45, 2.75) is 27.4 Å². The predicted molar refractivity (Wildman–Crippen MR) is 108 cm³/mol. The molecule has 29 heavy (non-hydrogen) atoms. The molecule has 0 saturated heterocycles. The molecule has 0 saturated carbocycles. The molecule has 0 unspecified atom stereocenters. The highest BCUT2D eigenvalue weighted by Gasteiger charge is 2.19. The number of ether oxygens (including phenoxy) is 2. The third-order valence-corrected chi connectivity index (χ3v) is 4.26. The third-order valence-electron chi connectivity index (χ3n) is 4.26. The molecule has 0 aliphatic heterocycles. The van der Waals surface area contributed by atoms with Crippen LogP contribution in [0.2, 0.25) is 0 Å². The van der Waals surface area contributed by atoms with E-state index in [1.807, 2.05) is 13.8 Å². The number of aliphatic hydroxyl groups excluding tert-OH is 1. The van der Waals surface area contributed by atoms with Gasteiger partial charge in [0, 0.05) is 23.2 Å². The van der Waals surface area contributed by atoms with Crippen LogP contribution in [0.25, 0.3) is 11.0 Å². The zero-order chi connectivity index (χ0) is 21.0. The van der Waals surface area contributed by atoms with Crippen molar-refractivity contribution >= 4 is 22.6 Å². The van der Waals surface area contributed by atoms with Gasteiger partial charge < -0.3 is 24.3 Å². The highest BCUT2D eigenvalue weighted by molar-refractivity contribution is 6.06. The normalized spacial score (nSPS) is 10.8. The Morgan fingerprint density at radius 3 is 2.66 bits per heavy atom. The van der Waals surface area contributed by atoms with Crippen molar-refractivity contribution in [3.05, 3.63) is 57.7 Å². The van der Waals surface area contributed by atoms with Gasteiger partial charge in [-0.2, -0.15) is 0 Å². The summed E-state index contributed by atoms with van der Waals surface area (Å²) in [7, 11) is 0. The number of aromatic nitrogens is 1. The van der Waals surface area contributed by atoms with Gasteiger partial charge in [-0.05, 0) is 39.0 Å². The first-order chi connectivity index (χ1) is 14.0. The molecule has 152 valence electrons. The number of nitrogens with one attached hydrogen (secondary N) is 1. The Hall–Kier alpha value is -3.39. The number of amides is 1. The first-order valence-corrected chi connectivity index (χ1v) is 9.22. The Labute approximate surface area is 167 Å². The van der Waals surface area contributed by atoms with E-state index >= 15 is 0 Å². The van der Waals surface area contributed by atoms with E-state index in [1.165, 1.54) is 12.3 Å². The van der Waals surface area contributed by atoms with Crippen molar-refractivity contribution in [2.75, 3.05) is 18.5 Å². The smallest absolute Gasteiger partial charge is 0.349 e. The monoisotopic (exact) mass is 398 g/mol. The average molecular weight is 398 g/mol. The molecule has 8 nitrogen and oxygen atoms in total. The van der Waals surface area contributed by atoms with Crippen LogP contribution in [0.1, 0.15) is 35.5 Å². The Morgan fingerprint density at radius 2 is 1.97 bits per heavy atom. The maximum absolute atomic E-state index is 12.8. The standard InChI is InChI=1S/C21H22N2O6/c1-4-27-14-6-7-18(28-5-2)17(8-14)23-20(25)16-9-15-13(11-24)10-22-12(3)19(15)29-21(16)26/h6-10,24H,4-5,11H2,1-3H3,(H,23,25). The summed E-state index contributed by atoms with van der Waals surface area (Å²) in [5.74, 6) is 0.347. The SMILES string of the molecule is CCOc1ccc(OCC)c(NC(=O)c2cc3c(CO)cnc(C)c3oc2=O)c1. The fourth-order valence-corrected chi connectivity index (χ4v) is 2.90. The summed E-state index contributed by atoms with van der Waals surface area (Å²) in [6.45, 7) is 5.93. The van der Waals surface area contributed by atoms with Crippen LogP contribution in [-0.2, 0) is 6.61 Å². The minimum atomic E-state index is -0.797. The molecule has 3 aromatic rings. The Morgan fingerprint density at radius 1 is 1.21 bits per heavy atom. The lowest BCUT2D eigenvalue weighted by atomic mass is 10.1. The highest BCUT2D eigenvalue weighted by atomic mass is 16.5. The van der Waals surface area contributed by atoms with Crippen molar-refractivity contribution in [2.24, 2.45) is 0 Å². The lowest BCUT2D eigenvalue weighted by Gasteiger charge is -2.13. The summed E-state index contributed by atoms with van der Waals surface area (Å²) in [4.78, 5) is 29.4. The Kier molecular flexibility index (Phi) is 6.13. The molecule has 0 aliphatic carbocycles. The van der Waals surface area contributed by atoms with Gasteiger partial charge in [0.2, 0.25) is 0 Å². The highest BCUT2D eigenvalue weighted by Crippen LogP contribution is 2.30. The van der Waals surface area contributed by atoms with Crippen LogP contribution in [0, 0.1) is 6.92 Å². The van der Waals surface area contributed by atoms with Crippen molar-refractivity contribution in [1.29, 1.82) is 0 Å². The molecule has 0 atom stereocenters. The number of anilines is 1. The number of carbonyl (C=O) groups excluding carboxylic acids is 1. The minimum Gasteiger partial charge on any atom is -0.494 e. The third kappa shape index (κ3) is 4.22. The predicted octanol–water partition coefficient (Wildman–Crippen LogP) is 3.04. The van der Waals surface area contributed by atoms with Gasteiger partial charge in [-0.25, -0.2) is 4.79 Å². The summed E-state index contributed by atoms with van der Waals surface area (Å²) in [6, 6.07) is 6.45. The number of aryl methyl sites for hydroxylation is 1. The fraction of sp³-hybridized carbons (Fsp3) is 0.286. The van der Waals surface area contributed by atoms with E-state index in [0.29, 0.717) is 47.0 Å². The number of rotatable bonds is 7. The molecule has 2 N–H and O–H groups in total. The van der Waals surface area contributed by atoms with E-state index in [4.69, 9.17) is 13.9 Å². The van der Waals surface area contributed by atoms with Crippen molar-refractivity contribution in [3.63, 3.8) is 0 Å². The van der Waals surface area contributed by atoms with Crippen LogP contribution < -0.4 is 20.4 Å². The zero-order valence-corrected chi connectivity index (χ0v) is 16.4. The summed E-state index contributed by atoms with van der Waals surface area (Å²) >= 11 is 0. The number of fused-ring (bicyclic) bond motifs is 1. The molecule has 0 spiro atoms. The summed E-state index contributed by atoms with van der Waals surface area (Å²) in [5.41, 5.74) is 0.569. The number of carbonyl (C=O) groups is 1. The van der Waals surface area contributed by atoms with Gasteiger partial charge in [-0.3, -0.25) is 9.78 Å². The first-order valence-electron chi connectivity index (χ1n) is 9.22. The van der Waals surface area contributed by atoms with Crippen LogP contribution in [0.5, 0.6) is 11.5 Å². The second-order valence-electron chi connectivity index (χ2n) is 6.20. The molecule has 1 amide bonds. The molecule has 0 radical (unpaired) electrons. The van der Waals surface area contributed by atoms with Crippen LogP contribution in [0.3, 0.4) is 0 Å². The molecular formula is C21H22N2O6. The van der Waals surface area contributed by atoms with E-state index in [2.05, 4.69) is 10.3 Å². The molecule has 0 bridgehead atoms. The Bertz CT molecular complexity index is 1110. The second kappa shape index (κ2) is 8.74. The van der Waals surface area contributed by atoms with Gasteiger partial charge in [0.15, 0.2) is 5.58 Å². The van der Waals surface area contributed by atoms with E-state index in [1.54, 1.807) is 25.1 Å². The maximum Gasteiger partial charge on any atom is 0.349 e. The number of hydrogen-bond donors (Lipinski definition) is 2. The van der Waals surface area contributed by atoms with Gasteiger partial charge >= 0.3 is 5.63 Å². The summed E-state index contributed by atoms with van der Waals surface area (Å²) in [5, 5.41) is 12.7. The Balaban J connectivity index is 2.03. The number of hydrogen-bond acceptors (Lipinski definition) is 7. The summed E-state index contributed by atoms with van der Waals surface area (Å²) < 4.78 is 16.3. The molecule has 2 heterocycles. The minimum absolute atomic E-state index is 0.193. The van der Waals surface area contributed by atoms with Gasteiger partial charge in [0.25, 0.3) is 5.91 Å². The molecular weight excluding hydrogens is 376 g/mol. The van der Waals surface area contributed by atoms with Gasteiger partial charge in [-0.15, -0.1) is 0 Å². The van der Waals surface area contributed by atoms with E-state index in [9.17, 15) is 14.7 Å². The number of nitrogens with zero attached hydrogens (tertiary/aromatic N) is 1. The second-order valence-corrected chi connectivity index (χ2v) is 6.20. The summed E-state index contributed by atoms with van der Waals surface area (Å²) in [6.07, 6.45) is 1.48. The van der Waals surface area contributed by atoms with Crippen molar-refractivity contribution in [1.82, 2.24) is 4.98 Å². The lowest BCUT2D eigenvalue weighted by Crippen LogP contribution is -2.21. The number of pyridine rings is 1. The van der Waals surface area contributed by atoms with E-state index < -0.39 is 11.5 Å². The van der Waals surface area contributed by atoms with Crippen LogP contribution in [0.15, 0.2) is 39.7 Å². The molecule has 2 aromatic heterocycles. The number of benzene rings is 1.